The van der Waals surface area contributed by atoms with E-state index in [1.165, 1.54) is 41.7 Å². The summed E-state index contributed by atoms with van der Waals surface area (Å²) in [6, 6.07) is 44.9. The Bertz CT molecular complexity index is 2730. The summed E-state index contributed by atoms with van der Waals surface area (Å²) in [7, 11) is -2.05. The molecule has 1 aliphatic rings. The SMILES string of the molecule is C[Si]1(C)c2ccccc2-c2c1cc(-c1nc(-c3ccccc3)nc(-c3ccc4sc5ccccc5c4c3)n1)c1c2oc2ccccc21. The quantitative estimate of drug-likeness (QED) is 0.181. The van der Waals surface area contributed by atoms with Crippen molar-refractivity contribution in [1.82, 2.24) is 15.0 Å². The van der Waals surface area contributed by atoms with E-state index in [2.05, 4.69) is 116 Å². The molecule has 0 fully saturated rings. The molecule has 0 spiro atoms. The van der Waals surface area contributed by atoms with E-state index in [4.69, 9.17) is 19.4 Å². The zero-order valence-electron chi connectivity index (χ0n) is 25.8. The largest absolute Gasteiger partial charge is 0.455 e. The fraction of sp³-hybridized carbons (Fsp3) is 0.0488. The van der Waals surface area contributed by atoms with Gasteiger partial charge in [0.1, 0.15) is 19.2 Å². The number of fused-ring (bicyclic) bond motifs is 10. The van der Waals surface area contributed by atoms with Gasteiger partial charge in [0.05, 0.1) is 0 Å². The summed E-state index contributed by atoms with van der Waals surface area (Å²) in [5.41, 5.74) is 7.20. The van der Waals surface area contributed by atoms with Gasteiger partial charge >= 0.3 is 0 Å². The molecule has 0 saturated carbocycles. The Hall–Kier alpha value is -5.43. The number of furan rings is 1. The third-order valence-corrected chi connectivity index (χ3v) is 14.4. The van der Waals surface area contributed by atoms with Gasteiger partial charge < -0.3 is 4.42 Å². The van der Waals surface area contributed by atoms with E-state index in [0.29, 0.717) is 17.5 Å². The number of thiophene rings is 1. The maximum absolute atomic E-state index is 6.77. The lowest BCUT2D eigenvalue weighted by Crippen LogP contribution is -2.49. The second kappa shape index (κ2) is 9.78. The molecular formula is C41H27N3OSSi. The minimum absolute atomic E-state index is 0.655. The summed E-state index contributed by atoms with van der Waals surface area (Å²) < 4.78 is 9.30. The van der Waals surface area contributed by atoms with E-state index in [9.17, 15) is 0 Å². The predicted molar refractivity (Wildman–Crippen MR) is 198 cm³/mol. The van der Waals surface area contributed by atoms with Gasteiger partial charge in [0, 0.05) is 53.2 Å². The van der Waals surface area contributed by atoms with E-state index in [1.807, 2.05) is 35.6 Å². The van der Waals surface area contributed by atoms with Crippen molar-refractivity contribution in [3.8, 4) is 45.3 Å². The highest BCUT2D eigenvalue weighted by molar-refractivity contribution is 7.25. The van der Waals surface area contributed by atoms with Crippen LogP contribution in [0.2, 0.25) is 13.1 Å². The number of hydrogen-bond donors (Lipinski definition) is 0. The first-order valence-corrected chi connectivity index (χ1v) is 19.7. The van der Waals surface area contributed by atoms with Crippen LogP contribution in [0.3, 0.4) is 0 Å². The maximum atomic E-state index is 6.77. The van der Waals surface area contributed by atoms with Crippen LogP contribution in [-0.2, 0) is 0 Å². The summed E-state index contributed by atoms with van der Waals surface area (Å²) >= 11 is 1.82. The second-order valence-electron chi connectivity index (χ2n) is 12.8. The molecule has 10 rings (SSSR count). The van der Waals surface area contributed by atoms with Gasteiger partial charge in [0.25, 0.3) is 0 Å². The van der Waals surface area contributed by atoms with Crippen LogP contribution in [0.25, 0.3) is 87.4 Å². The van der Waals surface area contributed by atoms with Gasteiger partial charge in [-0.25, -0.2) is 15.0 Å². The molecule has 4 heterocycles. The van der Waals surface area contributed by atoms with Crippen LogP contribution in [0, 0.1) is 0 Å². The van der Waals surface area contributed by atoms with E-state index in [0.717, 1.165) is 38.6 Å². The Morgan fingerprint density at radius 2 is 1.21 bits per heavy atom. The normalized spacial score (nSPS) is 13.5. The molecule has 0 bridgehead atoms. The third-order valence-electron chi connectivity index (χ3n) is 9.74. The maximum Gasteiger partial charge on any atom is 0.164 e. The third kappa shape index (κ3) is 3.89. The van der Waals surface area contributed by atoms with Crippen molar-refractivity contribution in [3.05, 3.63) is 127 Å². The number of nitrogens with zero attached hydrogens (tertiary/aromatic N) is 3. The number of benzene rings is 6. The van der Waals surface area contributed by atoms with Crippen molar-refractivity contribution in [2.75, 3.05) is 0 Å². The average Bonchev–Trinajstić information content (AvgIpc) is 3.76. The molecule has 0 saturated heterocycles. The standard InChI is InChI=1S/C41H27N3OSSi/c1-47(2)34-19-11-8-16-28(34)37-35(47)23-30(36-27-15-6-9-17-31(27)45-38(36)37)41-43-39(24-12-4-3-5-13-24)42-40(44-41)25-20-21-33-29(22-25)26-14-7-10-18-32(26)46-33/h3-23H,1-2H3. The molecule has 9 aromatic rings. The van der Waals surface area contributed by atoms with Gasteiger partial charge in [-0.3, -0.25) is 0 Å². The lowest BCUT2D eigenvalue weighted by atomic mass is 9.98. The van der Waals surface area contributed by atoms with E-state index < -0.39 is 8.07 Å². The molecule has 47 heavy (non-hydrogen) atoms. The first-order chi connectivity index (χ1) is 23.0. The number of rotatable bonds is 3. The average molecular weight is 638 g/mol. The van der Waals surface area contributed by atoms with Crippen LogP contribution in [0.5, 0.6) is 0 Å². The van der Waals surface area contributed by atoms with E-state index in [-0.39, 0.29) is 0 Å². The molecule has 0 atom stereocenters. The first kappa shape index (κ1) is 26.8. The van der Waals surface area contributed by atoms with Crippen LogP contribution < -0.4 is 10.4 Å². The fourth-order valence-electron chi connectivity index (χ4n) is 7.43. The molecule has 1 aliphatic heterocycles. The molecule has 222 valence electrons. The van der Waals surface area contributed by atoms with Gasteiger partial charge in [0.2, 0.25) is 0 Å². The van der Waals surface area contributed by atoms with Crippen molar-refractivity contribution in [2.24, 2.45) is 0 Å². The Labute approximate surface area is 276 Å². The Balaban J connectivity index is 1.29. The van der Waals surface area contributed by atoms with Crippen molar-refractivity contribution >= 4 is 71.9 Å². The van der Waals surface area contributed by atoms with Gasteiger partial charge in [-0.05, 0) is 52.3 Å². The smallest absolute Gasteiger partial charge is 0.164 e. The fourth-order valence-corrected chi connectivity index (χ4v) is 11.6. The monoisotopic (exact) mass is 637 g/mol. The summed E-state index contributed by atoms with van der Waals surface area (Å²) in [6.07, 6.45) is 0. The molecular weight excluding hydrogens is 611 g/mol. The van der Waals surface area contributed by atoms with Crippen LogP contribution in [0.1, 0.15) is 0 Å². The van der Waals surface area contributed by atoms with Crippen molar-refractivity contribution in [3.63, 3.8) is 0 Å². The Morgan fingerprint density at radius 3 is 2.09 bits per heavy atom. The summed E-state index contributed by atoms with van der Waals surface area (Å²) in [5, 5.41) is 7.39. The minimum Gasteiger partial charge on any atom is -0.455 e. The van der Waals surface area contributed by atoms with Crippen molar-refractivity contribution in [1.29, 1.82) is 0 Å². The van der Waals surface area contributed by atoms with Crippen molar-refractivity contribution in [2.45, 2.75) is 13.1 Å². The summed E-state index contributed by atoms with van der Waals surface area (Å²) in [6.45, 7) is 4.87. The molecule has 6 heteroatoms. The molecule has 4 nitrogen and oxygen atoms in total. The van der Waals surface area contributed by atoms with Crippen LogP contribution in [-0.4, -0.2) is 23.0 Å². The zero-order valence-corrected chi connectivity index (χ0v) is 27.6. The highest BCUT2D eigenvalue weighted by atomic mass is 32.1. The predicted octanol–water partition coefficient (Wildman–Crippen LogP) is 9.94. The molecule has 0 N–H and O–H groups in total. The van der Waals surface area contributed by atoms with Gasteiger partial charge in [-0.15, -0.1) is 11.3 Å². The minimum atomic E-state index is -2.05. The lowest BCUT2D eigenvalue weighted by Gasteiger charge is -2.19. The van der Waals surface area contributed by atoms with E-state index in [1.54, 1.807) is 0 Å². The number of hydrogen-bond acceptors (Lipinski definition) is 5. The molecule has 0 radical (unpaired) electrons. The summed E-state index contributed by atoms with van der Waals surface area (Å²) in [5.74, 6) is 1.97. The van der Waals surface area contributed by atoms with Gasteiger partial charge in [0.15, 0.2) is 17.5 Å². The highest BCUT2D eigenvalue weighted by Crippen LogP contribution is 2.44. The van der Waals surface area contributed by atoms with E-state index >= 15 is 0 Å². The first-order valence-electron chi connectivity index (χ1n) is 15.9. The molecule has 3 aromatic heterocycles. The number of aromatic nitrogens is 3. The van der Waals surface area contributed by atoms with Crippen molar-refractivity contribution < 1.29 is 4.42 Å². The van der Waals surface area contributed by atoms with Crippen LogP contribution >= 0.6 is 11.3 Å². The number of para-hydroxylation sites is 1. The molecule has 0 unspecified atom stereocenters. The zero-order chi connectivity index (χ0) is 31.3. The lowest BCUT2D eigenvalue weighted by molar-refractivity contribution is 0.670. The van der Waals surface area contributed by atoms with Crippen LogP contribution in [0.15, 0.2) is 132 Å². The van der Waals surface area contributed by atoms with Gasteiger partial charge in [-0.2, -0.15) is 0 Å². The second-order valence-corrected chi connectivity index (χ2v) is 18.2. The highest BCUT2D eigenvalue weighted by Gasteiger charge is 2.40. The molecule has 0 aliphatic carbocycles. The summed E-state index contributed by atoms with van der Waals surface area (Å²) in [4.78, 5) is 15.6. The topological polar surface area (TPSA) is 51.8 Å². The van der Waals surface area contributed by atoms with Crippen LogP contribution in [0.4, 0.5) is 0 Å². The van der Waals surface area contributed by atoms with Gasteiger partial charge in [-0.1, -0.05) is 104 Å². The molecule has 0 amide bonds. The Morgan fingerprint density at radius 1 is 0.532 bits per heavy atom. The Kier molecular flexibility index (Phi) is 5.57. The molecule has 6 aromatic carbocycles.